The predicted molar refractivity (Wildman–Crippen MR) is 131 cm³/mol. The summed E-state index contributed by atoms with van der Waals surface area (Å²) >= 11 is 1.28. The molecule has 0 radical (unpaired) electrons. The Morgan fingerprint density at radius 2 is 1.85 bits per heavy atom. The minimum Gasteiger partial charge on any atom is -0.497 e. The molecule has 0 spiro atoms. The number of esters is 1. The summed E-state index contributed by atoms with van der Waals surface area (Å²) in [5.74, 6) is 0.574. The molecule has 0 saturated carbocycles. The monoisotopic (exact) mass is 478 g/mol. The van der Waals surface area contributed by atoms with E-state index in [2.05, 4.69) is 4.99 Å². The fraction of sp³-hybridized carbons (Fsp3) is 0.269. The molecule has 176 valence electrons. The van der Waals surface area contributed by atoms with Crippen molar-refractivity contribution in [2.24, 2.45) is 4.99 Å². The number of nitrogens with zero attached hydrogens (tertiary/aromatic N) is 2. The van der Waals surface area contributed by atoms with Gasteiger partial charge in [0.25, 0.3) is 5.56 Å². The van der Waals surface area contributed by atoms with Crippen molar-refractivity contribution in [2.45, 2.75) is 32.9 Å². The Balaban J connectivity index is 2.02. The molecule has 1 aliphatic rings. The highest BCUT2D eigenvalue weighted by Gasteiger charge is 2.35. The molecule has 0 unspecified atom stereocenters. The summed E-state index contributed by atoms with van der Waals surface area (Å²) in [5, 5.41) is 0. The van der Waals surface area contributed by atoms with Gasteiger partial charge in [0.15, 0.2) is 4.80 Å². The Bertz CT molecular complexity index is 1430. The van der Waals surface area contributed by atoms with Gasteiger partial charge in [-0.05, 0) is 50.6 Å². The van der Waals surface area contributed by atoms with E-state index in [4.69, 9.17) is 14.2 Å². The lowest BCUT2D eigenvalue weighted by atomic mass is 9.94. The first kappa shape index (κ1) is 23.5. The number of ether oxygens (including phenoxy) is 3. The van der Waals surface area contributed by atoms with E-state index < -0.39 is 12.0 Å². The summed E-state index contributed by atoms with van der Waals surface area (Å²) in [6.45, 7) is 5.32. The summed E-state index contributed by atoms with van der Waals surface area (Å²) in [7, 11) is 3.11. The number of aromatic nitrogens is 1. The number of thiazole rings is 1. The highest BCUT2D eigenvalue weighted by Crippen LogP contribution is 2.37. The predicted octanol–water partition coefficient (Wildman–Crippen LogP) is 3.20. The zero-order valence-electron chi connectivity index (χ0n) is 19.7. The topological polar surface area (TPSA) is 79.1 Å². The van der Waals surface area contributed by atoms with E-state index in [1.165, 1.54) is 11.3 Å². The molecule has 0 amide bonds. The van der Waals surface area contributed by atoms with Gasteiger partial charge in [0.05, 0.1) is 36.1 Å². The Kier molecular flexibility index (Phi) is 6.70. The van der Waals surface area contributed by atoms with Gasteiger partial charge in [0.2, 0.25) is 0 Å². The Labute approximate surface area is 201 Å². The number of carbonyl (C=O) groups is 1. The number of rotatable bonds is 6. The summed E-state index contributed by atoms with van der Waals surface area (Å²) < 4.78 is 18.7. The molecule has 2 heterocycles. The SMILES string of the molecule is COc1ccc(OC)c([C@@H]2C(C(=O)OC(C)C)=C(C)N=c3s/c(=C/c4ccccc4)c(=O)n32)c1. The van der Waals surface area contributed by atoms with Crippen LogP contribution in [0, 0.1) is 0 Å². The number of hydrogen-bond acceptors (Lipinski definition) is 7. The molecule has 1 atom stereocenters. The molecule has 34 heavy (non-hydrogen) atoms. The number of fused-ring (bicyclic) bond motifs is 1. The number of methoxy groups -OCH3 is 2. The minimum atomic E-state index is -0.787. The molecule has 1 aromatic heterocycles. The third kappa shape index (κ3) is 4.41. The van der Waals surface area contributed by atoms with E-state index in [0.717, 1.165) is 5.56 Å². The number of carbonyl (C=O) groups excluding carboxylic acids is 1. The molecule has 0 aliphatic carbocycles. The van der Waals surface area contributed by atoms with Crippen LogP contribution in [0.3, 0.4) is 0 Å². The van der Waals surface area contributed by atoms with Crippen molar-refractivity contribution in [3.05, 3.63) is 90.6 Å². The molecule has 0 fully saturated rings. The summed E-state index contributed by atoms with van der Waals surface area (Å²) in [6.07, 6.45) is 1.50. The highest BCUT2D eigenvalue weighted by molar-refractivity contribution is 7.07. The third-order valence-corrected chi connectivity index (χ3v) is 6.40. The molecular weight excluding hydrogens is 452 g/mol. The first-order valence-electron chi connectivity index (χ1n) is 10.8. The van der Waals surface area contributed by atoms with Gasteiger partial charge in [-0.2, -0.15) is 0 Å². The zero-order chi connectivity index (χ0) is 24.4. The van der Waals surface area contributed by atoms with Crippen LogP contribution in [0.1, 0.15) is 37.9 Å². The quantitative estimate of drug-likeness (QED) is 0.509. The smallest absolute Gasteiger partial charge is 0.338 e. The minimum absolute atomic E-state index is 0.246. The average molecular weight is 479 g/mol. The molecule has 7 nitrogen and oxygen atoms in total. The van der Waals surface area contributed by atoms with Gasteiger partial charge in [-0.25, -0.2) is 9.79 Å². The fourth-order valence-corrected chi connectivity index (χ4v) is 4.95. The van der Waals surface area contributed by atoms with Crippen LogP contribution >= 0.6 is 11.3 Å². The van der Waals surface area contributed by atoms with Crippen LogP contribution in [0.15, 0.2) is 69.6 Å². The van der Waals surface area contributed by atoms with E-state index in [1.807, 2.05) is 36.4 Å². The first-order chi connectivity index (χ1) is 16.3. The van der Waals surface area contributed by atoms with E-state index in [0.29, 0.717) is 37.7 Å². The van der Waals surface area contributed by atoms with Crippen molar-refractivity contribution in [2.75, 3.05) is 14.2 Å². The Morgan fingerprint density at radius 1 is 1.12 bits per heavy atom. The highest BCUT2D eigenvalue weighted by atomic mass is 32.1. The standard InChI is InChI=1S/C26H26N2O5S/c1-15(2)33-25(30)22-16(3)27-26-28(23(22)19-14-18(31-4)11-12-20(19)32-5)24(29)21(34-26)13-17-9-7-6-8-10-17/h6-15,23H,1-5H3/b21-13+/t23-/m1/s1. The maximum absolute atomic E-state index is 13.7. The van der Waals surface area contributed by atoms with Gasteiger partial charge in [0, 0.05) is 5.56 Å². The molecule has 8 heteroatoms. The maximum atomic E-state index is 13.7. The van der Waals surface area contributed by atoms with Crippen LogP contribution in [0.2, 0.25) is 0 Å². The van der Waals surface area contributed by atoms with Crippen LogP contribution in [-0.2, 0) is 9.53 Å². The van der Waals surface area contributed by atoms with Crippen molar-refractivity contribution in [1.29, 1.82) is 0 Å². The second kappa shape index (κ2) is 9.69. The van der Waals surface area contributed by atoms with E-state index in [-0.39, 0.29) is 11.7 Å². The lowest BCUT2D eigenvalue weighted by Crippen LogP contribution is -2.40. The van der Waals surface area contributed by atoms with E-state index >= 15 is 0 Å². The van der Waals surface area contributed by atoms with Gasteiger partial charge in [-0.3, -0.25) is 9.36 Å². The van der Waals surface area contributed by atoms with Crippen molar-refractivity contribution in [1.82, 2.24) is 4.57 Å². The molecule has 3 aromatic rings. The third-order valence-electron chi connectivity index (χ3n) is 5.41. The van der Waals surface area contributed by atoms with Gasteiger partial charge in [0.1, 0.15) is 17.5 Å². The van der Waals surface area contributed by atoms with Crippen LogP contribution in [0.5, 0.6) is 11.5 Å². The lowest BCUT2D eigenvalue weighted by Gasteiger charge is -2.26. The van der Waals surface area contributed by atoms with Gasteiger partial charge >= 0.3 is 5.97 Å². The lowest BCUT2D eigenvalue weighted by molar-refractivity contribution is -0.143. The Morgan fingerprint density at radius 3 is 2.50 bits per heavy atom. The average Bonchev–Trinajstić information content (AvgIpc) is 3.12. The second-order valence-corrected chi connectivity index (χ2v) is 9.06. The number of allylic oxidation sites excluding steroid dienone is 1. The van der Waals surface area contributed by atoms with Crippen molar-refractivity contribution < 1.29 is 19.0 Å². The first-order valence-corrected chi connectivity index (χ1v) is 11.7. The van der Waals surface area contributed by atoms with Crippen LogP contribution < -0.4 is 24.4 Å². The Hall–Kier alpha value is -3.65. The largest absolute Gasteiger partial charge is 0.497 e. The molecular formula is C26H26N2O5S. The molecule has 0 N–H and O–H groups in total. The van der Waals surface area contributed by atoms with Gasteiger partial charge in [-0.15, -0.1) is 0 Å². The number of benzene rings is 2. The molecule has 1 aliphatic heterocycles. The summed E-state index contributed by atoms with van der Waals surface area (Å²) in [4.78, 5) is 32.1. The summed E-state index contributed by atoms with van der Waals surface area (Å²) in [6, 6.07) is 14.1. The van der Waals surface area contributed by atoms with E-state index in [1.54, 1.807) is 57.8 Å². The van der Waals surface area contributed by atoms with Crippen LogP contribution in [0.25, 0.3) is 6.08 Å². The van der Waals surface area contributed by atoms with Crippen molar-refractivity contribution in [3.8, 4) is 11.5 Å². The van der Waals surface area contributed by atoms with Crippen molar-refractivity contribution in [3.63, 3.8) is 0 Å². The second-order valence-electron chi connectivity index (χ2n) is 8.05. The fourth-order valence-electron chi connectivity index (χ4n) is 3.91. The molecule has 0 bridgehead atoms. The molecule has 2 aromatic carbocycles. The van der Waals surface area contributed by atoms with Crippen LogP contribution in [-0.4, -0.2) is 30.9 Å². The van der Waals surface area contributed by atoms with Crippen molar-refractivity contribution >= 4 is 23.4 Å². The normalized spacial score (nSPS) is 15.7. The van der Waals surface area contributed by atoms with Gasteiger partial charge in [-0.1, -0.05) is 41.7 Å². The maximum Gasteiger partial charge on any atom is 0.338 e. The van der Waals surface area contributed by atoms with Gasteiger partial charge < -0.3 is 14.2 Å². The molecule has 0 saturated heterocycles. The van der Waals surface area contributed by atoms with Crippen LogP contribution in [0.4, 0.5) is 0 Å². The molecule has 4 rings (SSSR count). The summed E-state index contributed by atoms with van der Waals surface area (Å²) in [5.41, 5.74) is 2.05. The zero-order valence-corrected chi connectivity index (χ0v) is 20.5. The van der Waals surface area contributed by atoms with E-state index in [9.17, 15) is 9.59 Å². The number of hydrogen-bond donors (Lipinski definition) is 0.